The van der Waals surface area contributed by atoms with Crippen molar-refractivity contribution in [1.29, 1.82) is 0 Å². The van der Waals surface area contributed by atoms with Gasteiger partial charge >= 0.3 is 0 Å². The van der Waals surface area contributed by atoms with Crippen molar-refractivity contribution in [1.82, 2.24) is 0 Å². The average Bonchev–Trinajstić information content (AvgIpc) is 2.93. The van der Waals surface area contributed by atoms with Crippen LogP contribution in [0.3, 0.4) is 0 Å². The van der Waals surface area contributed by atoms with E-state index in [9.17, 15) is 0 Å². The number of ether oxygens (including phenoxy) is 2. The molecule has 0 spiro atoms. The van der Waals surface area contributed by atoms with Gasteiger partial charge in [0.15, 0.2) is 0 Å². The van der Waals surface area contributed by atoms with Crippen LogP contribution in [0.25, 0.3) is 0 Å². The summed E-state index contributed by atoms with van der Waals surface area (Å²) < 4.78 is 10.6. The highest BCUT2D eigenvalue weighted by Crippen LogP contribution is 2.32. The number of thiophene rings is 1. The van der Waals surface area contributed by atoms with Gasteiger partial charge in [0.2, 0.25) is 0 Å². The number of benzene rings is 1. The summed E-state index contributed by atoms with van der Waals surface area (Å²) in [6, 6.07) is 10.2. The molecule has 0 saturated carbocycles. The van der Waals surface area contributed by atoms with Crippen molar-refractivity contribution < 1.29 is 9.47 Å². The predicted octanol–water partition coefficient (Wildman–Crippen LogP) is 4.67. The van der Waals surface area contributed by atoms with Crippen molar-refractivity contribution in [2.24, 2.45) is 0 Å². The Morgan fingerprint density at radius 1 is 1.05 bits per heavy atom. The highest BCUT2D eigenvalue weighted by atomic mass is 32.1. The summed E-state index contributed by atoms with van der Waals surface area (Å²) >= 11 is 1.85. The molecule has 0 saturated heterocycles. The van der Waals surface area contributed by atoms with Gasteiger partial charge in [0.25, 0.3) is 0 Å². The third-order valence-corrected chi connectivity index (χ3v) is 4.77. The maximum absolute atomic E-state index is 5.38. The van der Waals surface area contributed by atoms with Crippen LogP contribution >= 0.6 is 11.3 Å². The van der Waals surface area contributed by atoms with E-state index in [-0.39, 0.29) is 5.41 Å². The van der Waals surface area contributed by atoms with Crippen LogP contribution in [0.5, 0.6) is 11.5 Å². The van der Waals surface area contributed by atoms with Gasteiger partial charge < -0.3 is 14.8 Å². The molecular weight excluding hydrogens is 282 g/mol. The minimum absolute atomic E-state index is 0.205. The Bertz CT molecular complexity index is 599. The lowest BCUT2D eigenvalue weighted by Gasteiger charge is -2.15. The number of rotatable bonds is 5. The molecule has 0 amide bonds. The summed E-state index contributed by atoms with van der Waals surface area (Å²) in [4.78, 5) is 2.71. The van der Waals surface area contributed by atoms with Gasteiger partial charge in [0, 0.05) is 22.4 Å². The Kier molecular flexibility index (Phi) is 4.78. The second-order valence-electron chi connectivity index (χ2n) is 5.94. The van der Waals surface area contributed by atoms with Gasteiger partial charge in [-0.3, -0.25) is 0 Å². The van der Waals surface area contributed by atoms with Crippen molar-refractivity contribution in [3.8, 4) is 11.5 Å². The molecule has 0 aliphatic carbocycles. The second kappa shape index (κ2) is 6.39. The maximum Gasteiger partial charge on any atom is 0.142 e. The number of anilines is 1. The molecule has 3 nitrogen and oxygen atoms in total. The summed E-state index contributed by atoms with van der Waals surface area (Å²) in [6.45, 7) is 7.49. The molecule has 0 atom stereocenters. The quantitative estimate of drug-likeness (QED) is 0.870. The molecule has 1 aromatic heterocycles. The Morgan fingerprint density at radius 3 is 2.38 bits per heavy atom. The van der Waals surface area contributed by atoms with E-state index < -0.39 is 0 Å². The molecule has 21 heavy (non-hydrogen) atoms. The summed E-state index contributed by atoms with van der Waals surface area (Å²) in [6.07, 6.45) is 0. The first kappa shape index (κ1) is 15.7. The fourth-order valence-corrected chi connectivity index (χ4v) is 3.02. The van der Waals surface area contributed by atoms with Crippen LogP contribution in [0, 0.1) is 0 Å². The zero-order valence-electron chi connectivity index (χ0n) is 13.3. The van der Waals surface area contributed by atoms with Crippen LogP contribution in [0.15, 0.2) is 30.3 Å². The van der Waals surface area contributed by atoms with Gasteiger partial charge in [0.1, 0.15) is 11.5 Å². The van der Waals surface area contributed by atoms with Crippen molar-refractivity contribution >= 4 is 17.0 Å². The topological polar surface area (TPSA) is 30.5 Å². The van der Waals surface area contributed by atoms with Gasteiger partial charge in [-0.05, 0) is 29.7 Å². The molecule has 4 heteroatoms. The lowest BCUT2D eigenvalue weighted by molar-refractivity contribution is 0.404. The van der Waals surface area contributed by atoms with Crippen molar-refractivity contribution in [3.63, 3.8) is 0 Å². The average molecular weight is 305 g/mol. The van der Waals surface area contributed by atoms with Crippen molar-refractivity contribution in [2.75, 3.05) is 19.5 Å². The van der Waals surface area contributed by atoms with Gasteiger partial charge in [-0.15, -0.1) is 11.3 Å². The fourth-order valence-electron chi connectivity index (χ4n) is 2.01. The first-order valence-electron chi connectivity index (χ1n) is 6.99. The van der Waals surface area contributed by atoms with E-state index in [2.05, 4.69) is 38.2 Å². The van der Waals surface area contributed by atoms with Crippen LogP contribution in [-0.2, 0) is 12.0 Å². The van der Waals surface area contributed by atoms with E-state index in [1.54, 1.807) is 14.2 Å². The Morgan fingerprint density at radius 2 is 1.81 bits per heavy atom. The molecule has 2 rings (SSSR count). The highest BCUT2D eigenvalue weighted by Gasteiger charge is 2.16. The number of hydrogen-bond donors (Lipinski definition) is 1. The van der Waals surface area contributed by atoms with Crippen LogP contribution < -0.4 is 14.8 Å². The summed E-state index contributed by atoms with van der Waals surface area (Å²) in [5, 5.41) is 3.43. The number of methoxy groups -OCH3 is 2. The van der Waals surface area contributed by atoms with Gasteiger partial charge in [-0.2, -0.15) is 0 Å². The minimum atomic E-state index is 0.205. The fraction of sp³-hybridized carbons (Fsp3) is 0.412. The molecule has 0 aliphatic heterocycles. The van der Waals surface area contributed by atoms with Crippen LogP contribution in [0.4, 0.5) is 5.69 Å². The van der Waals surface area contributed by atoms with Gasteiger partial charge in [0.05, 0.1) is 19.9 Å². The summed E-state index contributed by atoms with van der Waals surface area (Å²) in [5.74, 6) is 1.64. The maximum atomic E-state index is 5.38. The van der Waals surface area contributed by atoms with E-state index in [4.69, 9.17) is 9.47 Å². The molecule has 0 aliphatic rings. The first-order valence-corrected chi connectivity index (χ1v) is 7.81. The predicted molar refractivity (Wildman–Crippen MR) is 89.9 cm³/mol. The van der Waals surface area contributed by atoms with Crippen LogP contribution in [-0.4, -0.2) is 14.2 Å². The van der Waals surface area contributed by atoms with Crippen LogP contribution in [0.1, 0.15) is 30.5 Å². The van der Waals surface area contributed by atoms with Crippen molar-refractivity contribution in [2.45, 2.75) is 32.7 Å². The molecule has 0 fully saturated rings. The lowest BCUT2D eigenvalue weighted by atomic mass is 9.95. The molecule has 114 valence electrons. The molecule has 2 aromatic rings. The van der Waals surface area contributed by atoms with E-state index in [0.717, 1.165) is 23.7 Å². The van der Waals surface area contributed by atoms with E-state index in [1.165, 1.54) is 9.75 Å². The Hall–Kier alpha value is -1.68. The Balaban J connectivity index is 2.10. The highest BCUT2D eigenvalue weighted by molar-refractivity contribution is 7.12. The van der Waals surface area contributed by atoms with Crippen molar-refractivity contribution in [3.05, 3.63) is 40.1 Å². The van der Waals surface area contributed by atoms with Gasteiger partial charge in [-0.25, -0.2) is 0 Å². The number of nitrogens with one attached hydrogen (secondary N) is 1. The monoisotopic (exact) mass is 305 g/mol. The molecule has 1 aromatic carbocycles. The number of hydrogen-bond acceptors (Lipinski definition) is 4. The largest absolute Gasteiger partial charge is 0.497 e. The van der Waals surface area contributed by atoms with E-state index in [1.807, 2.05) is 29.5 Å². The minimum Gasteiger partial charge on any atom is -0.497 e. The van der Waals surface area contributed by atoms with Gasteiger partial charge in [-0.1, -0.05) is 20.8 Å². The molecule has 0 bridgehead atoms. The van der Waals surface area contributed by atoms with Crippen LogP contribution in [0.2, 0.25) is 0 Å². The third-order valence-electron chi connectivity index (χ3n) is 3.26. The molecule has 1 N–H and O–H groups in total. The first-order chi connectivity index (χ1) is 9.94. The summed E-state index contributed by atoms with van der Waals surface area (Å²) in [7, 11) is 3.34. The summed E-state index contributed by atoms with van der Waals surface area (Å²) in [5.41, 5.74) is 1.15. The molecule has 0 radical (unpaired) electrons. The molecular formula is C17H23NO2S. The smallest absolute Gasteiger partial charge is 0.142 e. The normalized spacial score (nSPS) is 11.3. The second-order valence-corrected chi connectivity index (χ2v) is 7.10. The molecule has 0 unspecified atom stereocenters. The van der Waals surface area contributed by atoms with E-state index >= 15 is 0 Å². The molecule has 1 heterocycles. The Labute approximate surface area is 130 Å². The van der Waals surface area contributed by atoms with E-state index in [0.29, 0.717) is 0 Å². The zero-order valence-corrected chi connectivity index (χ0v) is 14.1. The SMILES string of the molecule is COc1ccc(OC)c(NCc2ccc(C(C)(C)C)s2)c1. The third kappa shape index (κ3) is 3.91. The lowest BCUT2D eigenvalue weighted by Crippen LogP contribution is -2.07. The zero-order chi connectivity index (χ0) is 15.5. The standard InChI is InChI=1S/C17H23NO2S/c1-17(2,3)16-9-7-13(21-16)11-18-14-10-12(19-4)6-8-15(14)20-5/h6-10,18H,11H2,1-5H3.